The van der Waals surface area contributed by atoms with Gasteiger partial charge < -0.3 is 5.11 Å². The van der Waals surface area contributed by atoms with Gasteiger partial charge in [0, 0.05) is 0 Å². The molecule has 2 heteroatoms. The molecule has 4 atom stereocenters. The maximum atomic E-state index is 11.2. The average molecular weight is 263 g/mol. The fraction of sp³-hybridized carbons (Fsp3) is 0.941. The molecule has 0 aromatic heterocycles. The van der Waals surface area contributed by atoms with Crippen LogP contribution in [-0.2, 0) is 0 Å². The zero-order valence-electron chi connectivity index (χ0n) is 12.8. The summed E-state index contributed by atoms with van der Waals surface area (Å²) in [6.07, 6.45) is 8.10. The van der Waals surface area contributed by atoms with E-state index in [-0.39, 0.29) is 0 Å². The van der Waals surface area contributed by atoms with Crippen molar-refractivity contribution in [1.82, 2.24) is 0 Å². The lowest BCUT2D eigenvalue weighted by Gasteiger charge is -2.46. The predicted molar refractivity (Wildman–Crippen MR) is 77.4 cm³/mol. The fourth-order valence-electron chi connectivity index (χ4n) is 4.59. The lowest BCUT2D eigenvalue weighted by Crippen LogP contribution is -2.49. The zero-order valence-corrected chi connectivity index (χ0v) is 12.8. The molecule has 2 rings (SSSR count). The Morgan fingerprint density at radius 1 is 1.26 bits per heavy atom. The molecule has 2 fully saturated rings. The first-order valence-corrected chi connectivity index (χ1v) is 8.04. The quantitative estimate of drug-likeness (QED) is 0.825. The highest BCUT2D eigenvalue weighted by molar-refractivity contribution is 5.15. The summed E-state index contributed by atoms with van der Waals surface area (Å²) in [6, 6.07) is 2.54. The van der Waals surface area contributed by atoms with E-state index >= 15 is 0 Å². The van der Waals surface area contributed by atoms with E-state index in [1.807, 2.05) is 0 Å². The molecule has 0 radical (unpaired) electrons. The molecule has 0 saturated heterocycles. The summed E-state index contributed by atoms with van der Waals surface area (Å²) in [4.78, 5) is 0. The van der Waals surface area contributed by atoms with E-state index in [1.54, 1.807) is 0 Å². The number of rotatable bonds is 3. The fourth-order valence-corrected chi connectivity index (χ4v) is 4.59. The van der Waals surface area contributed by atoms with Crippen LogP contribution in [0.25, 0.3) is 0 Å². The van der Waals surface area contributed by atoms with Crippen LogP contribution in [0, 0.1) is 34.5 Å². The number of hydrogen-bond acceptors (Lipinski definition) is 2. The molecule has 0 spiro atoms. The normalized spacial score (nSPS) is 43.4. The summed E-state index contributed by atoms with van der Waals surface area (Å²) >= 11 is 0. The summed E-state index contributed by atoms with van der Waals surface area (Å²) in [7, 11) is 0. The number of nitriles is 1. The minimum absolute atomic E-state index is 0.456. The summed E-state index contributed by atoms with van der Waals surface area (Å²) in [6.45, 7) is 6.73. The van der Waals surface area contributed by atoms with Gasteiger partial charge in [-0.05, 0) is 56.3 Å². The van der Waals surface area contributed by atoms with Gasteiger partial charge in [-0.1, -0.05) is 33.6 Å². The van der Waals surface area contributed by atoms with Gasteiger partial charge in [-0.3, -0.25) is 0 Å². The number of hydrogen-bond donors (Lipinski definition) is 1. The van der Waals surface area contributed by atoms with Crippen LogP contribution in [0.5, 0.6) is 0 Å². The molecule has 0 heterocycles. The molecule has 2 nitrogen and oxygen atoms in total. The molecule has 0 amide bonds. The molecule has 2 saturated carbocycles. The van der Waals surface area contributed by atoms with Crippen molar-refractivity contribution in [1.29, 1.82) is 5.26 Å². The lowest BCUT2D eigenvalue weighted by atomic mass is 9.61. The van der Waals surface area contributed by atoms with Crippen LogP contribution in [-0.4, -0.2) is 10.7 Å². The Labute approximate surface area is 118 Å². The molecule has 0 aromatic rings. The van der Waals surface area contributed by atoms with Crippen LogP contribution in [0.2, 0.25) is 0 Å². The standard InChI is InChI=1S/C17H29NO/c1-13(2)9-15-5-4-7-17(19,11-15)16(12-18)8-6-14(3)10-16/h13-15,19H,4-11H2,1-3H3. The Balaban J connectivity index is 2.14. The van der Waals surface area contributed by atoms with Crippen molar-refractivity contribution in [3.63, 3.8) is 0 Å². The number of nitrogens with zero attached hydrogens (tertiary/aromatic N) is 1. The molecule has 2 aliphatic carbocycles. The van der Waals surface area contributed by atoms with E-state index in [1.165, 1.54) is 12.8 Å². The highest BCUT2D eigenvalue weighted by atomic mass is 16.3. The lowest BCUT2D eigenvalue weighted by molar-refractivity contribution is -0.0972. The van der Waals surface area contributed by atoms with Crippen molar-refractivity contribution < 1.29 is 5.11 Å². The third kappa shape index (κ3) is 2.82. The van der Waals surface area contributed by atoms with Crippen LogP contribution < -0.4 is 0 Å². The van der Waals surface area contributed by atoms with Crippen molar-refractivity contribution in [3.05, 3.63) is 0 Å². The molecule has 0 aromatic carbocycles. The van der Waals surface area contributed by atoms with Gasteiger partial charge in [0.15, 0.2) is 0 Å². The van der Waals surface area contributed by atoms with Gasteiger partial charge in [-0.2, -0.15) is 5.26 Å². The van der Waals surface area contributed by atoms with Crippen LogP contribution in [0.4, 0.5) is 0 Å². The summed E-state index contributed by atoms with van der Waals surface area (Å²) in [5, 5.41) is 20.9. The topological polar surface area (TPSA) is 44.0 Å². The van der Waals surface area contributed by atoms with Gasteiger partial charge in [-0.15, -0.1) is 0 Å². The molecule has 4 unspecified atom stereocenters. The monoisotopic (exact) mass is 263 g/mol. The largest absolute Gasteiger partial charge is 0.388 e. The predicted octanol–water partition coefficient (Wildman–Crippen LogP) is 4.28. The molecule has 108 valence electrons. The Bertz CT molecular complexity index is 359. The second-order valence-electron chi connectivity index (χ2n) is 7.67. The Hall–Kier alpha value is -0.550. The molecule has 2 aliphatic rings. The highest BCUT2D eigenvalue weighted by Gasteiger charge is 2.55. The average Bonchev–Trinajstić information content (AvgIpc) is 2.72. The summed E-state index contributed by atoms with van der Waals surface area (Å²) in [5.74, 6) is 1.89. The van der Waals surface area contributed by atoms with Crippen molar-refractivity contribution in [2.75, 3.05) is 0 Å². The van der Waals surface area contributed by atoms with Crippen molar-refractivity contribution in [2.45, 2.75) is 77.7 Å². The first-order chi connectivity index (χ1) is 8.91. The molecule has 0 bridgehead atoms. The summed E-state index contributed by atoms with van der Waals surface area (Å²) < 4.78 is 0. The molecular formula is C17H29NO. The third-order valence-electron chi connectivity index (χ3n) is 5.50. The zero-order chi connectivity index (χ0) is 14.1. The van der Waals surface area contributed by atoms with Crippen LogP contribution in [0.1, 0.15) is 72.1 Å². The van der Waals surface area contributed by atoms with E-state index in [0.29, 0.717) is 17.8 Å². The minimum atomic E-state index is -0.718. The Morgan fingerprint density at radius 3 is 2.53 bits per heavy atom. The molecule has 19 heavy (non-hydrogen) atoms. The van der Waals surface area contributed by atoms with Gasteiger partial charge >= 0.3 is 0 Å². The Morgan fingerprint density at radius 2 is 2.00 bits per heavy atom. The highest BCUT2D eigenvalue weighted by Crippen LogP contribution is 2.55. The second kappa shape index (κ2) is 5.44. The van der Waals surface area contributed by atoms with Gasteiger partial charge in [0.05, 0.1) is 17.1 Å². The molecule has 0 aliphatic heterocycles. The van der Waals surface area contributed by atoms with E-state index in [9.17, 15) is 10.4 Å². The van der Waals surface area contributed by atoms with Crippen LogP contribution in [0.3, 0.4) is 0 Å². The Kier molecular flexibility index (Phi) is 4.26. The molecular weight excluding hydrogens is 234 g/mol. The SMILES string of the molecule is CC(C)CC1CCCC(O)(C2(C#N)CCC(C)C2)C1. The van der Waals surface area contributed by atoms with Gasteiger partial charge in [-0.25, -0.2) is 0 Å². The van der Waals surface area contributed by atoms with Crippen molar-refractivity contribution in [2.24, 2.45) is 23.2 Å². The van der Waals surface area contributed by atoms with Gasteiger partial charge in [0.2, 0.25) is 0 Å². The van der Waals surface area contributed by atoms with E-state index in [4.69, 9.17) is 0 Å². The van der Waals surface area contributed by atoms with Crippen molar-refractivity contribution >= 4 is 0 Å². The first-order valence-electron chi connectivity index (χ1n) is 8.04. The van der Waals surface area contributed by atoms with Gasteiger partial charge in [0.25, 0.3) is 0 Å². The maximum Gasteiger partial charge on any atom is 0.0863 e. The van der Waals surface area contributed by atoms with Gasteiger partial charge in [0.1, 0.15) is 0 Å². The van der Waals surface area contributed by atoms with E-state index in [0.717, 1.165) is 38.5 Å². The summed E-state index contributed by atoms with van der Waals surface area (Å²) in [5.41, 5.74) is -1.17. The smallest absolute Gasteiger partial charge is 0.0863 e. The van der Waals surface area contributed by atoms with Crippen molar-refractivity contribution in [3.8, 4) is 6.07 Å². The first kappa shape index (κ1) is 14.9. The van der Waals surface area contributed by atoms with E-state index < -0.39 is 11.0 Å². The molecule has 1 N–H and O–H groups in total. The third-order valence-corrected chi connectivity index (χ3v) is 5.50. The number of aliphatic hydroxyl groups is 1. The minimum Gasteiger partial charge on any atom is -0.388 e. The maximum absolute atomic E-state index is 11.2. The van der Waals surface area contributed by atoms with Crippen LogP contribution in [0.15, 0.2) is 0 Å². The second-order valence-corrected chi connectivity index (χ2v) is 7.67. The van der Waals surface area contributed by atoms with E-state index in [2.05, 4.69) is 26.8 Å². The van der Waals surface area contributed by atoms with Crippen LogP contribution >= 0.6 is 0 Å².